The third kappa shape index (κ3) is 2.39. The summed E-state index contributed by atoms with van der Waals surface area (Å²) in [5.41, 5.74) is 0. The molecule has 0 aromatic rings. The predicted octanol–water partition coefficient (Wildman–Crippen LogP) is 2.66. The van der Waals surface area contributed by atoms with Crippen LogP contribution in [0.2, 0.25) is 0 Å². The summed E-state index contributed by atoms with van der Waals surface area (Å²) >= 11 is 0. The molecule has 1 saturated carbocycles. The van der Waals surface area contributed by atoms with Crippen molar-refractivity contribution in [3.63, 3.8) is 0 Å². The minimum atomic E-state index is 0.00434. The summed E-state index contributed by atoms with van der Waals surface area (Å²) in [6.45, 7) is 5.18. The van der Waals surface area contributed by atoms with E-state index in [9.17, 15) is 5.11 Å². The van der Waals surface area contributed by atoms with E-state index in [2.05, 4.69) is 11.8 Å². The number of hydrogen-bond donors (Lipinski definition) is 1. The minimum absolute atomic E-state index is 0.00434. The van der Waals surface area contributed by atoms with Gasteiger partial charge in [-0.1, -0.05) is 6.92 Å². The van der Waals surface area contributed by atoms with Crippen LogP contribution in [0, 0.1) is 17.8 Å². The van der Waals surface area contributed by atoms with Gasteiger partial charge in [0.1, 0.15) is 0 Å². The molecule has 0 amide bonds. The molecule has 3 aliphatic rings. The van der Waals surface area contributed by atoms with E-state index in [1.54, 1.807) is 0 Å². The van der Waals surface area contributed by atoms with Crippen LogP contribution in [0.15, 0.2) is 0 Å². The van der Waals surface area contributed by atoms with Gasteiger partial charge in [0.2, 0.25) is 0 Å². The second-order valence-corrected chi connectivity index (χ2v) is 6.74. The highest BCUT2D eigenvalue weighted by Gasteiger charge is 2.39. The first kappa shape index (κ1) is 12.0. The van der Waals surface area contributed by atoms with Crippen LogP contribution in [0.1, 0.15) is 51.9 Å². The predicted molar refractivity (Wildman–Crippen MR) is 69.8 cm³/mol. The van der Waals surface area contributed by atoms with E-state index >= 15 is 0 Å². The number of piperidine rings is 1. The van der Waals surface area contributed by atoms with Crippen LogP contribution in [-0.2, 0) is 0 Å². The first-order valence-electron chi connectivity index (χ1n) is 7.66. The molecule has 2 aliphatic heterocycles. The molecule has 1 aliphatic carbocycles. The van der Waals surface area contributed by atoms with E-state index in [-0.39, 0.29) is 6.10 Å². The van der Waals surface area contributed by atoms with Gasteiger partial charge in [0.05, 0.1) is 6.10 Å². The Hall–Kier alpha value is -0.0800. The summed E-state index contributed by atoms with van der Waals surface area (Å²) < 4.78 is 0. The molecule has 3 atom stereocenters. The zero-order chi connectivity index (χ0) is 11.8. The van der Waals surface area contributed by atoms with Gasteiger partial charge in [-0.3, -0.25) is 0 Å². The van der Waals surface area contributed by atoms with E-state index in [1.165, 1.54) is 45.2 Å². The Morgan fingerprint density at radius 2 is 1.82 bits per heavy atom. The van der Waals surface area contributed by atoms with Crippen LogP contribution in [-0.4, -0.2) is 35.2 Å². The molecule has 98 valence electrons. The quantitative estimate of drug-likeness (QED) is 0.758. The average Bonchev–Trinajstić information content (AvgIpc) is 2.76. The van der Waals surface area contributed by atoms with Crippen molar-refractivity contribution >= 4 is 0 Å². The van der Waals surface area contributed by atoms with Crippen molar-refractivity contribution in [3.05, 3.63) is 0 Å². The molecule has 3 fully saturated rings. The Kier molecular flexibility index (Phi) is 3.45. The number of aliphatic hydroxyl groups is 1. The van der Waals surface area contributed by atoms with E-state index in [4.69, 9.17) is 0 Å². The summed E-state index contributed by atoms with van der Waals surface area (Å²) in [5, 5.41) is 9.63. The lowest BCUT2D eigenvalue weighted by Gasteiger charge is -2.44. The summed E-state index contributed by atoms with van der Waals surface area (Å²) in [6.07, 6.45) is 8.96. The maximum absolute atomic E-state index is 9.63. The van der Waals surface area contributed by atoms with Crippen LogP contribution >= 0.6 is 0 Å². The molecule has 0 spiro atoms. The van der Waals surface area contributed by atoms with Crippen molar-refractivity contribution in [2.45, 2.75) is 64.0 Å². The maximum Gasteiger partial charge on any atom is 0.0540 e. The Bertz CT molecular complexity index is 260. The molecule has 0 aromatic carbocycles. The highest BCUT2D eigenvalue weighted by atomic mass is 16.3. The molecule has 17 heavy (non-hydrogen) atoms. The maximum atomic E-state index is 9.63. The largest absolute Gasteiger partial charge is 0.393 e. The zero-order valence-electron chi connectivity index (χ0n) is 11.1. The molecule has 3 rings (SSSR count). The number of hydrogen-bond acceptors (Lipinski definition) is 2. The van der Waals surface area contributed by atoms with Crippen LogP contribution < -0.4 is 0 Å². The second-order valence-electron chi connectivity index (χ2n) is 6.74. The highest BCUT2D eigenvalue weighted by Crippen LogP contribution is 2.41. The molecule has 2 heteroatoms. The van der Waals surface area contributed by atoms with Gasteiger partial charge >= 0.3 is 0 Å². The Balaban J connectivity index is 1.62. The number of rotatable bonds is 1. The molecule has 0 radical (unpaired) electrons. The van der Waals surface area contributed by atoms with Crippen LogP contribution in [0.5, 0.6) is 0 Å². The molecule has 0 aromatic heterocycles. The number of fused-ring (bicyclic) bond motifs is 1. The van der Waals surface area contributed by atoms with Crippen LogP contribution in [0.3, 0.4) is 0 Å². The van der Waals surface area contributed by atoms with E-state index < -0.39 is 0 Å². The van der Waals surface area contributed by atoms with Crippen molar-refractivity contribution in [2.24, 2.45) is 17.8 Å². The molecule has 2 saturated heterocycles. The lowest BCUT2D eigenvalue weighted by molar-refractivity contribution is 0.0271. The smallest absolute Gasteiger partial charge is 0.0540 e. The number of aliphatic hydroxyl groups excluding tert-OH is 1. The van der Waals surface area contributed by atoms with E-state index in [0.29, 0.717) is 0 Å². The fourth-order valence-electron chi connectivity index (χ4n) is 4.60. The average molecular weight is 237 g/mol. The summed E-state index contributed by atoms with van der Waals surface area (Å²) in [7, 11) is 0. The van der Waals surface area contributed by atoms with Crippen molar-refractivity contribution in [2.75, 3.05) is 13.1 Å². The Morgan fingerprint density at radius 3 is 2.59 bits per heavy atom. The summed E-state index contributed by atoms with van der Waals surface area (Å²) in [6, 6.07) is 0.912. The topological polar surface area (TPSA) is 23.5 Å². The van der Waals surface area contributed by atoms with Crippen molar-refractivity contribution in [1.82, 2.24) is 4.90 Å². The van der Waals surface area contributed by atoms with Crippen molar-refractivity contribution in [1.29, 1.82) is 0 Å². The lowest BCUT2D eigenvalue weighted by atomic mass is 9.70. The Morgan fingerprint density at radius 1 is 1.06 bits per heavy atom. The fraction of sp³-hybridized carbons (Fsp3) is 1.00. The van der Waals surface area contributed by atoms with Crippen molar-refractivity contribution in [3.8, 4) is 0 Å². The summed E-state index contributed by atoms with van der Waals surface area (Å²) in [5.74, 6) is 2.72. The van der Waals surface area contributed by atoms with Gasteiger partial charge in [-0.15, -0.1) is 0 Å². The second kappa shape index (κ2) is 4.89. The minimum Gasteiger partial charge on any atom is -0.393 e. The zero-order valence-corrected chi connectivity index (χ0v) is 11.1. The SMILES string of the molecule is CC1CC2CCCN2CC1C1CCC(O)CC1. The third-order valence-corrected chi connectivity index (χ3v) is 5.67. The van der Waals surface area contributed by atoms with E-state index in [0.717, 1.165) is 36.6 Å². The van der Waals surface area contributed by atoms with Crippen molar-refractivity contribution < 1.29 is 5.11 Å². The van der Waals surface area contributed by atoms with Gasteiger partial charge in [-0.2, -0.15) is 0 Å². The molecule has 2 heterocycles. The molecule has 3 unspecified atom stereocenters. The van der Waals surface area contributed by atoms with Crippen LogP contribution in [0.25, 0.3) is 0 Å². The molecule has 0 bridgehead atoms. The molecule has 1 N–H and O–H groups in total. The molecule has 2 nitrogen and oxygen atoms in total. The first-order chi connectivity index (χ1) is 8.24. The molecular weight excluding hydrogens is 210 g/mol. The van der Waals surface area contributed by atoms with Gasteiger partial charge in [-0.25, -0.2) is 0 Å². The number of nitrogens with zero attached hydrogens (tertiary/aromatic N) is 1. The van der Waals surface area contributed by atoms with Gasteiger partial charge in [-0.05, 0) is 69.2 Å². The van der Waals surface area contributed by atoms with Gasteiger partial charge in [0, 0.05) is 12.6 Å². The van der Waals surface area contributed by atoms with Gasteiger partial charge < -0.3 is 10.0 Å². The summed E-state index contributed by atoms with van der Waals surface area (Å²) in [4.78, 5) is 2.76. The Labute approximate surface area is 105 Å². The van der Waals surface area contributed by atoms with Gasteiger partial charge in [0.15, 0.2) is 0 Å². The fourth-order valence-corrected chi connectivity index (χ4v) is 4.60. The first-order valence-corrected chi connectivity index (χ1v) is 7.66. The van der Waals surface area contributed by atoms with E-state index in [1.807, 2.05) is 0 Å². The normalized spacial score (nSPS) is 48.0. The molecular formula is C15H27NO. The standard InChI is InChI=1S/C15H27NO/c1-11-9-13-3-2-8-16(13)10-15(11)12-4-6-14(17)7-5-12/h11-15,17H,2-10H2,1H3. The highest BCUT2D eigenvalue weighted by molar-refractivity contribution is 4.92. The van der Waals surface area contributed by atoms with Crippen LogP contribution in [0.4, 0.5) is 0 Å². The third-order valence-electron chi connectivity index (χ3n) is 5.67. The monoisotopic (exact) mass is 237 g/mol. The van der Waals surface area contributed by atoms with Gasteiger partial charge in [0.25, 0.3) is 0 Å². The lowest BCUT2D eigenvalue weighted by Crippen LogP contribution is -2.46.